The van der Waals surface area contributed by atoms with Gasteiger partial charge in [-0.1, -0.05) is 19.6 Å². The van der Waals surface area contributed by atoms with E-state index in [1.54, 1.807) is 19.1 Å². The number of aromatic nitrogens is 2. The fraction of sp³-hybridized carbons (Fsp3) is 0.455. The van der Waals surface area contributed by atoms with Gasteiger partial charge in [-0.05, 0) is 37.1 Å². The van der Waals surface area contributed by atoms with Gasteiger partial charge < -0.3 is 29.4 Å². The summed E-state index contributed by atoms with van der Waals surface area (Å²) in [5.41, 5.74) is 1.05. The molecule has 0 radical (unpaired) electrons. The summed E-state index contributed by atoms with van der Waals surface area (Å²) >= 11 is 0. The molecular formula is C22H28N2O8. The van der Waals surface area contributed by atoms with Crippen LogP contribution in [0.1, 0.15) is 35.0 Å². The second kappa shape index (κ2) is 11.0. The van der Waals surface area contributed by atoms with E-state index in [-0.39, 0.29) is 13.0 Å². The Balaban J connectivity index is 2.44. The van der Waals surface area contributed by atoms with Gasteiger partial charge in [0.2, 0.25) is 5.69 Å². The van der Waals surface area contributed by atoms with E-state index in [1.807, 2.05) is 13.8 Å². The molecule has 3 N–H and O–H groups in total. The van der Waals surface area contributed by atoms with Crippen LogP contribution in [0.25, 0.3) is 11.0 Å². The van der Waals surface area contributed by atoms with Crippen LogP contribution in [0, 0.1) is 13.8 Å². The van der Waals surface area contributed by atoms with E-state index < -0.39 is 54.7 Å². The summed E-state index contributed by atoms with van der Waals surface area (Å²) < 4.78 is 10.8. The van der Waals surface area contributed by atoms with Gasteiger partial charge in [-0.2, -0.15) is 0 Å². The summed E-state index contributed by atoms with van der Waals surface area (Å²) in [6.45, 7) is 7.59. The first-order valence-corrected chi connectivity index (χ1v) is 10.1. The lowest BCUT2D eigenvalue weighted by molar-refractivity contribution is -0.151. The van der Waals surface area contributed by atoms with Crippen molar-refractivity contribution in [2.45, 2.75) is 52.0 Å². The van der Waals surface area contributed by atoms with Crippen LogP contribution in [0.3, 0.4) is 0 Å². The molecule has 0 unspecified atom stereocenters. The largest absolute Gasteiger partial charge is 0.463 e. The van der Waals surface area contributed by atoms with Crippen LogP contribution in [-0.4, -0.2) is 68.3 Å². The fourth-order valence-corrected chi connectivity index (χ4v) is 2.94. The highest BCUT2D eigenvalue weighted by Crippen LogP contribution is 2.18. The average Bonchev–Trinajstić information content (AvgIpc) is 2.77. The smallest absolute Gasteiger partial charge is 0.363 e. The third kappa shape index (κ3) is 5.78. The maximum Gasteiger partial charge on any atom is 0.363 e. The Kier molecular flexibility index (Phi) is 8.64. The summed E-state index contributed by atoms with van der Waals surface area (Å²) in [7, 11) is 0. The number of rotatable bonds is 10. The van der Waals surface area contributed by atoms with E-state index in [4.69, 9.17) is 9.47 Å². The van der Waals surface area contributed by atoms with Crippen LogP contribution in [0.15, 0.2) is 29.6 Å². The Hall–Kier alpha value is -3.08. The molecule has 0 amide bonds. The molecule has 0 saturated heterocycles. The molecule has 32 heavy (non-hydrogen) atoms. The highest BCUT2D eigenvalue weighted by Gasteiger charge is 2.28. The van der Waals surface area contributed by atoms with E-state index in [9.17, 15) is 29.7 Å². The van der Waals surface area contributed by atoms with Crippen LogP contribution in [0.5, 0.6) is 0 Å². The normalized spacial score (nSPS) is 13.9. The highest BCUT2D eigenvalue weighted by molar-refractivity contribution is 5.90. The monoisotopic (exact) mass is 448 g/mol. The number of carbonyl (C=O) groups excluding carboxylic acids is 2. The van der Waals surface area contributed by atoms with E-state index >= 15 is 0 Å². The van der Waals surface area contributed by atoms with Crippen LogP contribution < -0.4 is 5.56 Å². The second-order valence-electron chi connectivity index (χ2n) is 7.35. The van der Waals surface area contributed by atoms with Crippen LogP contribution in [-0.2, 0) is 20.8 Å². The Labute approximate surface area is 184 Å². The molecular weight excluding hydrogens is 420 g/mol. The molecule has 0 aliphatic heterocycles. The minimum atomic E-state index is -1.72. The maximum absolute atomic E-state index is 13.0. The number of benzene rings is 1. The molecule has 0 saturated carbocycles. The molecule has 10 nitrogen and oxygen atoms in total. The SMILES string of the molecule is C=CCOC(=O)c1nc2cc(C)c(C)cc2n(C[C@H](O)[C@H](O)[C@H](O)COC(=O)CC)c1=O. The van der Waals surface area contributed by atoms with Crippen molar-refractivity contribution in [3.63, 3.8) is 0 Å². The number of esters is 2. The van der Waals surface area contributed by atoms with Gasteiger partial charge in [0.25, 0.3) is 5.56 Å². The summed E-state index contributed by atoms with van der Waals surface area (Å²) in [4.78, 5) is 40.7. The van der Waals surface area contributed by atoms with Crippen molar-refractivity contribution in [3.05, 3.63) is 52.0 Å². The first-order chi connectivity index (χ1) is 15.1. The summed E-state index contributed by atoms with van der Waals surface area (Å²) in [5.74, 6) is -1.53. The van der Waals surface area contributed by atoms with Crippen molar-refractivity contribution in [2.75, 3.05) is 13.2 Å². The van der Waals surface area contributed by atoms with Crippen LogP contribution in [0.2, 0.25) is 0 Å². The summed E-state index contributed by atoms with van der Waals surface area (Å²) in [6, 6.07) is 3.36. The molecule has 10 heteroatoms. The number of aliphatic hydroxyl groups excluding tert-OH is 3. The van der Waals surface area contributed by atoms with Gasteiger partial charge in [0, 0.05) is 6.42 Å². The topological polar surface area (TPSA) is 148 Å². The quantitative estimate of drug-likeness (QED) is 0.347. The summed E-state index contributed by atoms with van der Waals surface area (Å²) in [6.07, 6.45) is -3.49. The number of ether oxygens (including phenoxy) is 2. The van der Waals surface area contributed by atoms with E-state index in [2.05, 4.69) is 11.6 Å². The maximum atomic E-state index is 13.0. The summed E-state index contributed by atoms with van der Waals surface area (Å²) in [5, 5.41) is 30.8. The molecule has 0 spiro atoms. The lowest BCUT2D eigenvalue weighted by Crippen LogP contribution is -2.44. The molecule has 2 aromatic rings. The predicted molar refractivity (Wildman–Crippen MR) is 115 cm³/mol. The standard InChI is InChI=1S/C22H28N2O8/c1-5-7-31-22(30)19-21(29)24(15-9-13(4)12(3)8-14(15)23-19)10-16(25)20(28)17(26)11-32-18(27)6-2/h5,8-9,16-17,20,25-26,28H,1,6-7,10-11H2,2-4H3/t16-,17+,20-/m0/s1. The lowest BCUT2D eigenvalue weighted by Gasteiger charge is -2.24. The zero-order valence-electron chi connectivity index (χ0n) is 18.3. The molecule has 1 aromatic carbocycles. The Morgan fingerprint density at radius 2 is 1.81 bits per heavy atom. The Morgan fingerprint density at radius 3 is 2.44 bits per heavy atom. The number of fused-ring (bicyclic) bond motifs is 1. The van der Waals surface area contributed by atoms with Gasteiger partial charge >= 0.3 is 11.9 Å². The molecule has 0 bridgehead atoms. The van der Waals surface area contributed by atoms with Crippen molar-refractivity contribution in [1.82, 2.24) is 9.55 Å². The number of aryl methyl sites for hydroxylation is 2. The average molecular weight is 448 g/mol. The minimum Gasteiger partial charge on any atom is -0.463 e. The van der Waals surface area contributed by atoms with Gasteiger partial charge in [-0.25, -0.2) is 9.78 Å². The lowest BCUT2D eigenvalue weighted by atomic mass is 10.1. The molecule has 2 rings (SSSR count). The Bertz CT molecular complexity index is 1060. The van der Waals surface area contributed by atoms with E-state index in [1.165, 1.54) is 6.08 Å². The second-order valence-corrected chi connectivity index (χ2v) is 7.35. The number of carbonyl (C=O) groups is 2. The van der Waals surface area contributed by atoms with Gasteiger partial charge in [-0.3, -0.25) is 9.59 Å². The molecule has 0 aliphatic carbocycles. The third-order valence-corrected chi connectivity index (χ3v) is 4.95. The first kappa shape index (κ1) is 25.2. The zero-order valence-corrected chi connectivity index (χ0v) is 18.3. The van der Waals surface area contributed by atoms with Gasteiger partial charge in [0.1, 0.15) is 31.5 Å². The van der Waals surface area contributed by atoms with Crippen LogP contribution >= 0.6 is 0 Å². The highest BCUT2D eigenvalue weighted by atomic mass is 16.5. The molecule has 1 heterocycles. The van der Waals surface area contributed by atoms with Crippen molar-refractivity contribution in [1.29, 1.82) is 0 Å². The number of aliphatic hydroxyl groups is 3. The Morgan fingerprint density at radius 1 is 1.16 bits per heavy atom. The van der Waals surface area contributed by atoms with Gasteiger partial charge in [0.15, 0.2) is 0 Å². The van der Waals surface area contributed by atoms with Gasteiger partial charge in [0.05, 0.1) is 17.6 Å². The number of hydrogen-bond donors (Lipinski definition) is 3. The molecule has 3 atom stereocenters. The van der Waals surface area contributed by atoms with Gasteiger partial charge in [-0.15, -0.1) is 0 Å². The molecule has 1 aromatic heterocycles. The minimum absolute atomic E-state index is 0.0905. The van der Waals surface area contributed by atoms with Crippen molar-refractivity contribution in [2.24, 2.45) is 0 Å². The fourth-order valence-electron chi connectivity index (χ4n) is 2.94. The van der Waals surface area contributed by atoms with E-state index in [0.29, 0.717) is 11.0 Å². The number of hydrogen-bond acceptors (Lipinski definition) is 9. The predicted octanol–water partition coefficient (Wildman–Crippen LogP) is 0.392. The van der Waals surface area contributed by atoms with E-state index in [0.717, 1.165) is 15.7 Å². The van der Waals surface area contributed by atoms with Crippen molar-refractivity contribution in [3.8, 4) is 0 Å². The van der Waals surface area contributed by atoms with Crippen LogP contribution in [0.4, 0.5) is 0 Å². The number of nitrogens with zero attached hydrogens (tertiary/aromatic N) is 2. The third-order valence-electron chi connectivity index (χ3n) is 4.95. The zero-order chi connectivity index (χ0) is 24.0. The molecule has 0 aliphatic rings. The van der Waals surface area contributed by atoms with Crippen molar-refractivity contribution >= 4 is 23.0 Å². The molecule has 0 fully saturated rings. The first-order valence-electron chi connectivity index (χ1n) is 10.1. The molecule has 174 valence electrons. The van der Waals surface area contributed by atoms with Crippen molar-refractivity contribution < 1.29 is 34.4 Å².